The third-order valence-corrected chi connectivity index (χ3v) is 3.91. The number of anilines is 1. The fourth-order valence-corrected chi connectivity index (χ4v) is 2.88. The van der Waals surface area contributed by atoms with E-state index in [-0.39, 0.29) is 12.6 Å². The number of likely N-dealkylation sites (N-methyl/N-ethyl adjacent to an activating group) is 1. The van der Waals surface area contributed by atoms with E-state index in [4.69, 9.17) is 9.15 Å². The predicted molar refractivity (Wildman–Crippen MR) is 98.2 cm³/mol. The van der Waals surface area contributed by atoms with Gasteiger partial charge in [-0.15, -0.1) is 0 Å². The molecule has 0 spiro atoms. The van der Waals surface area contributed by atoms with Crippen molar-refractivity contribution in [1.29, 1.82) is 0 Å². The zero-order valence-corrected chi connectivity index (χ0v) is 14.8. The third-order valence-electron chi connectivity index (χ3n) is 3.91. The molecule has 2 aromatic carbocycles. The number of nitrogens with one attached hydrogen (secondary N) is 1. The van der Waals surface area contributed by atoms with Gasteiger partial charge in [-0.1, -0.05) is 18.2 Å². The molecule has 0 aliphatic carbocycles. The van der Waals surface area contributed by atoms with Gasteiger partial charge in [-0.3, -0.25) is 0 Å². The van der Waals surface area contributed by atoms with Crippen molar-refractivity contribution in [1.82, 2.24) is 4.90 Å². The van der Waals surface area contributed by atoms with Crippen LogP contribution in [0.15, 0.2) is 40.8 Å². The highest BCUT2D eigenvalue weighted by atomic mass is 16.5. The molecule has 6 nitrogen and oxygen atoms in total. The number of para-hydroxylation sites is 1. The Kier molecular flexibility index (Phi) is 4.30. The van der Waals surface area contributed by atoms with Crippen LogP contribution in [0.5, 0.6) is 5.75 Å². The zero-order chi connectivity index (χ0) is 18.2. The molecule has 0 fully saturated rings. The summed E-state index contributed by atoms with van der Waals surface area (Å²) >= 11 is 0. The predicted octanol–water partition coefficient (Wildman–Crippen LogP) is 3.83. The third kappa shape index (κ3) is 3.53. The van der Waals surface area contributed by atoms with Crippen LogP contribution >= 0.6 is 0 Å². The lowest BCUT2D eigenvalue weighted by molar-refractivity contribution is 0.0550. The molecule has 1 heterocycles. The minimum atomic E-state index is -0.973. The van der Waals surface area contributed by atoms with Gasteiger partial charge in [-0.25, -0.2) is 4.79 Å². The minimum Gasteiger partial charge on any atom is -0.495 e. The second kappa shape index (κ2) is 6.29. The largest absolute Gasteiger partial charge is 0.495 e. The van der Waals surface area contributed by atoms with Crippen molar-refractivity contribution in [2.45, 2.75) is 19.4 Å². The molecule has 3 rings (SSSR count). The van der Waals surface area contributed by atoms with Crippen LogP contribution in [0, 0.1) is 0 Å². The molecule has 25 heavy (non-hydrogen) atoms. The van der Waals surface area contributed by atoms with E-state index >= 15 is 0 Å². The highest BCUT2D eigenvalue weighted by Gasteiger charge is 2.21. The number of amides is 2. The number of carbonyl (C=O) groups is 1. The summed E-state index contributed by atoms with van der Waals surface area (Å²) in [5, 5.41) is 14.6. The van der Waals surface area contributed by atoms with Crippen LogP contribution < -0.4 is 10.1 Å². The van der Waals surface area contributed by atoms with Gasteiger partial charge in [0.05, 0.1) is 24.9 Å². The van der Waals surface area contributed by atoms with E-state index in [1.54, 1.807) is 34.1 Å². The Balaban J connectivity index is 1.95. The van der Waals surface area contributed by atoms with Crippen molar-refractivity contribution in [3.05, 3.63) is 36.4 Å². The number of furan rings is 1. The van der Waals surface area contributed by atoms with Gasteiger partial charge in [0, 0.05) is 23.9 Å². The van der Waals surface area contributed by atoms with E-state index in [2.05, 4.69) is 5.32 Å². The molecule has 2 amide bonds. The molecule has 3 aromatic rings. The Morgan fingerprint density at radius 2 is 1.96 bits per heavy atom. The second-order valence-corrected chi connectivity index (χ2v) is 6.75. The molecule has 0 radical (unpaired) electrons. The SMILES string of the molecule is COc1cc2c(cc1NC(=O)N(C)CC(C)(C)O)oc1ccccc12. The van der Waals surface area contributed by atoms with Crippen molar-refractivity contribution in [3.8, 4) is 5.75 Å². The maximum absolute atomic E-state index is 12.4. The molecule has 1 aromatic heterocycles. The molecule has 0 aliphatic heterocycles. The van der Waals surface area contributed by atoms with Gasteiger partial charge in [0.25, 0.3) is 0 Å². The smallest absolute Gasteiger partial charge is 0.321 e. The van der Waals surface area contributed by atoms with Crippen LogP contribution in [-0.2, 0) is 0 Å². The normalized spacial score (nSPS) is 11.7. The molecular weight excluding hydrogens is 320 g/mol. The lowest BCUT2D eigenvalue weighted by atomic mass is 10.1. The summed E-state index contributed by atoms with van der Waals surface area (Å²) < 4.78 is 11.3. The van der Waals surface area contributed by atoms with E-state index in [0.717, 1.165) is 16.4 Å². The lowest BCUT2D eigenvalue weighted by Gasteiger charge is -2.26. The monoisotopic (exact) mass is 342 g/mol. The molecule has 132 valence electrons. The Bertz CT molecular complexity index is 924. The topological polar surface area (TPSA) is 74.9 Å². The Labute approximate surface area is 146 Å². The summed E-state index contributed by atoms with van der Waals surface area (Å²) in [7, 11) is 3.18. The molecule has 2 N–H and O–H groups in total. The van der Waals surface area contributed by atoms with Crippen molar-refractivity contribution >= 4 is 33.7 Å². The summed E-state index contributed by atoms with van der Waals surface area (Å²) in [5.41, 5.74) is 0.991. The number of hydrogen-bond donors (Lipinski definition) is 2. The van der Waals surface area contributed by atoms with Gasteiger partial charge in [0.15, 0.2) is 0 Å². The summed E-state index contributed by atoms with van der Waals surface area (Å²) in [6, 6.07) is 11.0. The van der Waals surface area contributed by atoms with Crippen LogP contribution in [0.4, 0.5) is 10.5 Å². The van der Waals surface area contributed by atoms with Crippen molar-refractivity contribution in [2.75, 3.05) is 26.0 Å². The fraction of sp³-hybridized carbons (Fsp3) is 0.316. The average molecular weight is 342 g/mol. The first-order chi connectivity index (χ1) is 11.8. The van der Waals surface area contributed by atoms with Gasteiger partial charge < -0.3 is 24.5 Å². The molecule has 0 atom stereocenters. The van der Waals surface area contributed by atoms with Crippen LogP contribution in [0.2, 0.25) is 0 Å². The van der Waals surface area contributed by atoms with Gasteiger partial charge in [0.2, 0.25) is 0 Å². The number of methoxy groups -OCH3 is 1. The first kappa shape index (κ1) is 17.1. The second-order valence-electron chi connectivity index (χ2n) is 6.75. The maximum atomic E-state index is 12.4. The van der Waals surface area contributed by atoms with Crippen LogP contribution in [0.3, 0.4) is 0 Å². The summed E-state index contributed by atoms with van der Waals surface area (Å²) in [6.07, 6.45) is 0. The van der Waals surface area contributed by atoms with E-state index in [1.165, 1.54) is 4.90 Å². The summed E-state index contributed by atoms with van der Waals surface area (Å²) in [4.78, 5) is 13.8. The lowest BCUT2D eigenvalue weighted by Crippen LogP contribution is -2.41. The van der Waals surface area contributed by atoms with E-state index in [1.807, 2.05) is 30.3 Å². The van der Waals surface area contributed by atoms with Gasteiger partial charge in [-0.05, 0) is 26.0 Å². The Morgan fingerprint density at radius 1 is 1.24 bits per heavy atom. The van der Waals surface area contributed by atoms with Gasteiger partial charge in [0.1, 0.15) is 16.9 Å². The number of aliphatic hydroxyl groups is 1. The molecule has 0 saturated heterocycles. The summed E-state index contributed by atoms with van der Waals surface area (Å²) in [5.74, 6) is 0.545. The molecule has 0 saturated carbocycles. The van der Waals surface area contributed by atoms with E-state index in [0.29, 0.717) is 17.0 Å². The fourth-order valence-electron chi connectivity index (χ4n) is 2.88. The first-order valence-corrected chi connectivity index (χ1v) is 8.02. The van der Waals surface area contributed by atoms with Crippen LogP contribution in [-0.4, -0.2) is 42.3 Å². The number of ether oxygens (including phenoxy) is 1. The van der Waals surface area contributed by atoms with Crippen molar-refractivity contribution in [2.24, 2.45) is 0 Å². The van der Waals surface area contributed by atoms with E-state index < -0.39 is 5.60 Å². The Morgan fingerprint density at radius 3 is 2.64 bits per heavy atom. The molecule has 0 bridgehead atoms. The quantitative estimate of drug-likeness (QED) is 0.756. The highest BCUT2D eigenvalue weighted by Crippen LogP contribution is 2.36. The number of nitrogens with zero attached hydrogens (tertiary/aromatic N) is 1. The van der Waals surface area contributed by atoms with Gasteiger partial charge >= 0.3 is 6.03 Å². The van der Waals surface area contributed by atoms with E-state index in [9.17, 15) is 9.90 Å². The zero-order valence-electron chi connectivity index (χ0n) is 14.8. The maximum Gasteiger partial charge on any atom is 0.321 e. The van der Waals surface area contributed by atoms with Crippen LogP contribution in [0.1, 0.15) is 13.8 Å². The molecular formula is C19H22N2O4. The number of benzene rings is 2. The summed E-state index contributed by atoms with van der Waals surface area (Å²) in [6.45, 7) is 3.50. The minimum absolute atomic E-state index is 0.202. The van der Waals surface area contributed by atoms with Crippen LogP contribution in [0.25, 0.3) is 21.9 Å². The first-order valence-electron chi connectivity index (χ1n) is 8.02. The number of carbonyl (C=O) groups excluding carboxylic acids is 1. The number of hydrogen-bond acceptors (Lipinski definition) is 4. The van der Waals surface area contributed by atoms with Crippen molar-refractivity contribution in [3.63, 3.8) is 0 Å². The average Bonchev–Trinajstić information content (AvgIpc) is 2.89. The molecule has 0 unspecified atom stereocenters. The Hall–Kier alpha value is -2.73. The standard InChI is InChI=1S/C19H22N2O4/c1-19(2,23)11-21(3)18(22)20-14-10-16-13(9-17(14)24-4)12-7-5-6-8-15(12)25-16/h5-10,23H,11H2,1-4H3,(H,20,22). The molecule has 6 heteroatoms. The number of rotatable bonds is 4. The highest BCUT2D eigenvalue weighted by molar-refractivity contribution is 6.07. The van der Waals surface area contributed by atoms with Gasteiger partial charge in [-0.2, -0.15) is 0 Å². The van der Waals surface area contributed by atoms with Crippen molar-refractivity contribution < 1.29 is 19.1 Å². The molecule has 0 aliphatic rings. The number of fused-ring (bicyclic) bond motifs is 3. The number of urea groups is 1.